The number of hydrogen-bond acceptors (Lipinski definition) is 15. The molecule has 5 atom stereocenters. The van der Waals surface area contributed by atoms with Crippen LogP contribution < -0.4 is 40.2 Å². The van der Waals surface area contributed by atoms with E-state index in [9.17, 15) is 36.9 Å². The Hall–Kier alpha value is -5.80. The number of amides is 4. The number of fused-ring (bicyclic) bond motifs is 2. The number of carbonyl (C=O) groups excluding carboxylic acids is 2. The predicted molar refractivity (Wildman–Crippen MR) is 315 cm³/mol. The van der Waals surface area contributed by atoms with Crippen molar-refractivity contribution >= 4 is 55.3 Å². The maximum absolute atomic E-state index is 13.5. The second-order valence-electron chi connectivity index (χ2n) is 21.7. The Kier molecular flexibility index (Phi) is 22.3. The summed E-state index contributed by atoms with van der Waals surface area (Å²) in [7, 11) is -3.67. The van der Waals surface area contributed by atoms with Gasteiger partial charge in [0.25, 0.3) is 0 Å². The van der Waals surface area contributed by atoms with Gasteiger partial charge in [0.2, 0.25) is 20.0 Å². The lowest BCUT2D eigenvalue weighted by molar-refractivity contribution is 0.110. The maximum Gasteiger partial charge on any atom is 0.314 e. The molecule has 0 aromatic heterocycles. The van der Waals surface area contributed by atoms with E-state index in [0.717, 1.165) is 28.8 Å². The third-order valence-corrected chi connectivity index (χ3v) is 18.9. The first kappa shape index (κ1) is 63.2. The molecule has 448 valence electrons. The van der Waals surface area contributed by atoms with Gasteiger partial charge >= 0.3 is 12.1 Å². The van der Waals surface area contributed by atoms with E-state index >= 15 is 0 Å². The zero-order valence-electron chi connectivity index (χ0n) is 47.4. The van der Waals surface area contributed by atoms with Crippen molar-refractivity contribution < 1.29 is 45.4 Å². The number of ether oxygens (including phenoxy) is 4. The Labute approximate surface area is 497 Å². The van der Waals surface area contributed by atoms with Crippen molar-refractivity contribution in [3.05, 3.63) is 115 Å². The van der Waals surface area contributed by atoms with Crippen LogP contribution in [0.1, 0.15) is 88.8 Å². The zero-order valence-corrected chi connectivity index (χ0v) is 50.5. The summed E-state index contributed by atoms with van der Waals surface area (Å²) >= 11 is 12.6. The Morgan fingerprint density at radius 3 is 1.61 bits per heavy atom. The average Bonchev–Trinajstić information content (AvgIpc) is 3.26. The first-order valence-corrected chi connectivity index (χ1v) is 31.9. The number of sulfonamides is 2. The average molecular weight is 1220 g/mol. The first-order valence-electron chi connectivity index (χ1n) is 28.1. The molecule has 8 rings (SSSR count). The Balaban J connectivity index is 0.605. The molecule has 0 spiro atoms. The van der Waals surface area contributed by atoms with Gasteiger partial charge < -0.3 is 45.1 Å². The molecule has 21 nitrogen and oxygen atoms in total. The summed E-state index contributed by atoms with van der Waals surface area (Å²) in [6.07, 6.45) is 4.00. The van der Waals surface area contributed by atoms with Crippen LogP contribution in [0.5, 0.6) is 11.5 Å². The molecule has 25 heteroatoms. The molecule has 0 bridgehead atoms. The standard InChI is InChI=1S/C58H75Cl2N11O10S2/c1-38-27-46(7-10-53(38)80-55-12-9-48-40(34-61)29-42(59)31-50(48)55)82(74,75)67-44-13-19-70(36-44)21-25-78-23-17-65-57(72)63-15-5-6-16-64-58(73)66-18-24-79-26-22-71-20-14-45(37-71)68-83(76,77)47-8-11-54(39(2)28-47)81-56-51-32-43(60)30-41(35-62)49(51)33-52(56)69(3)4/h7-8,10-11,27-32,44-45,52,55-56,67-68H,5-6,9,12-26,33,36-37H2,1-4H3,(H2,63,65,72)(H2,64,66,73)/t44-,45-,52+,55-,56+/m1/s1. The van der Waals surface area contributed by atoms with Crippen molar-refractivity contribution in [2.24, 2.45) is 0 Å². The van der Waals surface area contributed by atoms with Crippen molar-refractivity contribution in [1.29, 1.82) is 10.5 Å². The molecule has 2 fully saturated rings. The van der Waals surface area contributed by atoms with Crippen molar-refractivity contribution in [1.82, 2.24) is 45.4 Å². The molecule has 0 radical (unpaired) electrons. The molecule has 4 aromatic carbocycles. The third kappa shape index (κ3) is 17.2. The highest BCUT2D eigenvalue weighted by Crippen LogP contribution is 2.42. The molecule has 2 heterocycles. The van der Waals surface area contributed by atoms with Crippen LogP contribution in [0.3, 0.4) is 0 Å². The number of hydrogen-bond donors (Lipinski definition) is 6. The maximum atomic E-state index is 13.5. The molecular weight excluding hydrogens is 1150 g/mol. The van der Waals surface area contributed by atoms with E-state index in [4.69, 9.17) is 42.1 Å². The lowest BCUT2D eigenvalue weighted by atomic mass is 10.0. The van der Waals surface area contributed by atoms with Gasteiger partial charge in [-0.05, 0) is 180 Å². The van der Waals surface area contributed by atoms with Crippen molar-refractivity contribution in [3.8, 4) is 23.6 Å². The fourth-order valence-corrected chi connectivity index (χ4v) is 14.2. The van der Waals surface area contributed by atoms with Gasteiger partial charge in [0, 0.05) is 74.5 Å². The highest BCUT2D eigenvalue weighted by atomic mass is 35.5. The summed E-state index contributed by atoms with van der Waals surface area (Å²) in [4.78, 5) is 31.2. The van der Waals surface area contributed by atoms with Crippen LogP contribution in [-0.2, 0) is 42.4 Å². The minimum Gasteiger partial charge on any atom is -0.485 e. The van der Waals surface area contributed by atoms with Gasteiger partial charge in [-0.1, -0.05) is 23.2 Å². The first-order chi connectivity index (χ1) is 39.8. The lowest BCUT2D eigenvalue weighted by Crippen LogP contribution is -2.39. The number of nitriles is 2. The topological polar surface area (TPSA) is 269 Å². The van der Waals surface area contributed by atoms with Gasteiger partial charge in [-0.25, -0.2) is 35.9 Å². The van der Waals surface area contributed by atoms with Gasteiger partial charge in [0.05, 0.1) is 65.5 Å². The number of rotatable bonds is 28. The minimum absolute atomic E-state index is 0.0423. The number of halogens is 2. The molecular formula is C58H75Cl2N11O10S2. The van der Waals surface area contributed by atoms with E-state index in [1.807, 2.05) is 40.1 Å². The number of urea groups is 2. The van der Waals surface area contributed by atoms with Crippen molar-refractivity contribution in [3.63, 3.8) is 0 Å². The van der Waals surface area contributed by atoms with Crippen LogP contribution in [0, 0.1) is 36.5 Å². The molecule has 6 N–H and O–H groups in total. The second kappa shape index (κ2) is 29.3. The second-order valence-corrected chi connectivity index (χ2v) is 26.0. The largest absolute Gasteiger partial charge is 0.485 e. The third-order valence-electron chi connectivity index (χ3n) is 15.4. The van der Waals surface area contributed by atoms with Crippen LogP contribution >= 0.6 is 23.2 Å². The Morgan fingerprint density at radius 1 is 0.639 bits per heavy atom. The van der Waals surface area contributed by atoms with E-state index in [0.29, 0.717) is 174 Å². The monoisotopic (exact) mass is 1220 g/mol. The molecule has 0 saturated carbocycles. The van der Waals surface area contributed by atoms with Crippen LogP contribution in [0.2, 0.25) is 10.0 Å². The van der Waals surface area contributed by atoms with Crippen molar-refractivity contribution in [2.45, 2.75) is 98.9 Å². The van der Waals surface area contributed by atoms with Crippen molar-refractivity contribution in [2.75, 3.05) is 106 Å². The fraction of sp³-hybridized carbons (Fsp3) is 0.517. The number of aryl methyl sites for hydroxylation is 2. The summed E-state index contributed by atoms with van der Waals surface area (Å²) < 4.78 is 83.8. The number of benzene rings is 4. The molecule has 4 aromatic rings. The molecule has 2 aliphatic heterocycles. The van der Waals surface area contributed by atoms with Crippen LogP contribution in [-0.4, -0.2) is 168 Å². The predicted octanol–water partition coefficient (Wildman–Crippen LogP) is 5.84. The molecule has 2 aliphatic carbocycles. The molecule has 4 amide bonds. The quantitative estimate of drug-likeness (QED) is 0.0365. The Morgan fingerprint density at radius 2 is 1.12 bits per heavy atom. The minimum atomic E-state index is -3.81. The van der Waals surface area contributed by atoms with Crippen LogP contribution in [0.25, 0.3) is 0 Å². The van der Waals surface area contributed by atoms with Gasteiger partial charge in [-0.15, -0.1) is 0 Å². The number of likely N-dealkylation sites (tertiary alicyclic amines) is 2. The highest BCUT2D eigenvalue weighted by molar-refractivity contribution is 7.89. The molecule has 83 heavy (non-hydrogen) atoms. The van der Waals surface area contributed by atoms with E-state index in [1.54, 1.807) is 48.5 Å². The SMILES string of the molecule is Cc1cc(S(=O)(=O)N[C@@H]2CCN(CCOCCNC(=O)NCCCCNC(=O)NCCOCCN3CC[C@@H](NS(=O)(=O)c4ccc(O[C@H]5c6cc(Cl)cc(C#N)c6C[C@@H]5N(C)C)c(C)c4)C3)C2)ccc1O[C@@H]1CCc2c(C#N)cc(Cl)cc21. The summed E-state index contributed by atoms with van der Waals surface area (Å²) in [5, 5.41) is 31.4. The van der Waals surface area contributed by atoms with E-state index < -0.39 is 26.2 Å². The normalized spacial score (nSPS) is 19.7. The fourth-order valence-electron chi connectivity index (χ4n) is 11.1. The molecule has 4 aliphatic rings. The summed E-state index contributed by atoms with van der Waals surface area (Å²) in [6.45, 7) is 10.4. The highest BCUT2D eigenvalue weighted by Gasteiger charge is 2.38. The number of nitrogens with one attached hydrogen (secondary N) is 6. The van der Waals surface area contributed by atoms with Crippen LogP contribution in [0.15, 0.2) is 70.5 Å². The van der Waals surface area contributed by atoms with Gasteiger partial charge in [-0.2, -0.15) is 10.5 Å². The number of carbonyl (C=O) groups is 2. The lowest BCUT2D eigenvalue weighted by Gasteiger charge is -2.28. The summed E-state index contributed by atoms with van der Waals surface area (Å²) in [5.74, 6) is 1.13. The van der Waals surface area contributed by atoms with Gasteiger partial charge in [-0.3, -0.25) is 9.80 Å². The van der Waals surface area contributed by atoms with E-state index in [1.165, 1.54) is 0 Å². The van der Waals surface area contributed by atoms with Gasteiger partial charge in [0.1, 0.15) is 23.7 Å². The van der Waals surface area contributed by atoms with Crippen LogP contribution in [0.4, 0.5) is 9.59 Å². The Bertz CT molecular complexity index is 3270. The number of likely N-dealkylation sites (N-methyl/N-ethyl adjacent to an activating group) is 1. The number of unbranched alkanes of at least 4 members (excludes halogenated alkanes) is 1. The molecule has 0 unspecified atom stereocenters. The summed E-state index contributed by atoms with van der Waals surface area (Å²) in [5.41, 5.74) is 6.04. The molecule has 2 saturated heterocycles. The van der Waals surface area contributed by atoms with Gasteiger partial charge in [0.15, 0.2) is 0 Å². The summed E-state index contributed by atoms with van der Waals surface area (Å²) in [6, 6.07) is 20.0. The smallest absolute Gasteiger partial charge is 0.314 e. The zero-order chi connectivity index (χ0) is 59.3. The number of nitrogens with zero attached hydrogens (tertiary/aromatic N) is 5. The van der Waals surface area contributed by atoms with E-state index in [2.05, 4.69) is 57.5 Å². The van der Waals surface area contributed by atoms with E-state index in [-0.39, 0.29) is 46.1 Å².